The molecule has 0 amide bonds. The van der Waals surface area contributed by atoms with Crippen LogP contribution in [-0.2, 0) is 9.53 Å². The van der Waals surface area contributed by atoms with Crippen LogP contribution in [0.15, 0.2) is 0 Å². The molecule has 2 fully saturated rings. The van der Waals surface area contributed by atoms with Crippen LogP contribution in [0.1, 0.15) is 25.7 Å². The van der Waals surface area contributed by atoms with Crippen LogP contribution < -0.4 is 4.13 Å². The Bertz CT molecular complexity index is 396. The Morgan fingerprint density at radius 1 is 1.17 bits per heavy atom. The third-order valence-corrected chi connectivity index (χ3v) is 6.40. The number of nitrogens with zero attached hydrogens (tertiary/aromatic N) is 2. The fourth-order valence-corrected chi connectivity index (χ4v) is 4.79. The van der Waals surface area contributed by atoms with E-state index in [1.54, 1.807) is 11.9 Å². The van der Waals surface area contributed by atoms with Gasteiger partial charge in [0, 0.05) is 56.1 Å². The van der Waals surface area contributed by atoms with Crippen molar-refractivity contribution in [3.63, 3.8) is 0 Å². The normalized spacial score (nSPS) is 23.6. The average molecular weight is 406 g/mol. The number of hydrogen-bond donors (Lipinski definition) is 1. The molecular weight excluding hydrogens is 383 g/mol. The number of ether oxygens (including phenoxy) is 1. The third-order valence-electron chi connectivity index (χ3n) is 3.67. The van der Waals surface area contributed by atoms with Gasteiger partial charge in [-0.3, -0.25) is 9.69 Å². The van der Waals surface area contributed by atoms with E-state index in [2.05, 4.69) is 13.3 Å². The zero-order valence-corrected chi connectivity index (χ0v) is 15.7. The van der Waals surface area contributed by atoms with Gasteiger partial charge in [0.2, 0.25) is 0 Å². The van der Waals surface area contributed by atoms with E-state index >= 15 is 0 Å². The molecule has 1 unspecified atom stereocenters. The second-order valence-corrected chi connectivity index (χ2v) is 8.68. The van der Waals surface area contributed by atoms with Crippen molar-refractivity contribution >= 4 is 41.8 Å². The van der Waals surface area contributed by atoms with Crippen molar-refractivity contribution in [1.29, 1.82) is 0 Å². The minimum absolute atomic E-state index is 0.0382. The maximum atomic E-state index is 11.9. The summed E-state index contributed by atoms with van der Waals surface area (Å²) in [5.74, 6) is 1.55. The number of carbonyl (C=O) groups is 1. The zero-order chi connectivity index (χ0) is 17.4. The molecule has 140 valence electrons. The molecule has 0 aromatic heterocycles. The van der Waals surface area contributed by atoms with E-state index in [-0.39, 0.29) is 24.1 Å². The van der Waals surface area contributed by atoms with E-state index in [9.17, 15) is 18.0 Å². The molecule has 5 nitrogen and oxygen atoms in total. The Labute approximate surface area is 153 Å². The van der Waals surface area contributed by atoms with Crippen molar-refractivity contribution in [2.75, 3.05) is 37.7 Å². The van der Waals surface area contributed by atoms with Crippen LogP contribution in [0.5, 0.6) is 0 Å². The summed E-state index contributed by atoms with van der Waals surface area (Å²) in [4.78, 5) is 13.4. The molecule has 11 heteroatoms. The van der Waals surface area contributed by atoms with Gasteiger partial charge in [0.05, 0.1) is 6.42 Å². The first-order chi connectivity index (χ1) is 11.4. The van der Waals surface area contributed by atoms with Gasteiger partial charge < -0.3 is 4.74 Å². The number of hydrogen-bond acceptors (Lipinski definition) is 8. The molecule has 0 spiro atoms. The number of alkyl halides is 3. The topological polar surface area (TPSA) is 44.8 Å². The third kappa shape index (κ3) is 8.05. The number of cyclic esters (lactones) is 1. The van der Waals surface area contributed by atoms with Gasteiger partial charge in [0.25, 0.3) is 0 Å². The Balaban J connectivity index is 1.43. The molecule has 2 aliphatic rings. The Morgan fingerprint density at radius 3 is 2.50 bits per heavy atom. The van der Waals surface area contributed by atoms with E-state index in [0.29, 0.717) is 12.2 Å². The second kappa shape index (κ2) is 10.4. The lowest BCUT2D eigenvalue weighted by atomic mass is 10.3. The fourth-order valence-electron chi connectivity index (χ4n) is 2.48. The highest BCUT2D eigenvalue weighted by Gasteiger charge is 2.31. The Kier molecular flexibility index (Phi) is 8.85. The summed E-state index contributed by atoms with van der Waals surface area (Å²) in [6.07, 6.45) is 3.15. The van der Waals surface area contributed by atoms with E-state index in [4.69, 9.17) is 4.74 Å². The number of esters is 1. The molecule has 2 aliphatic heterocycles. The van der Waals surface area contributed by atoms with Crippen LogP contribution in [0.4, 0.5) is 13.2 Å². The summed E-state index contributed by atoms with van der Waals surface area (Å²) in [5, 5.41) is 0. The summed E-state index contributed by atoms with van der Waals surface area (Å²) in [7, 11) is 0. The standard InChI is InChI=1S/C13H22F3N3O2S3/c14-13(15,16)24-17-22-9-1-2-10-23-19-7-5-18(6-8-19)11-3-4-12(20)21-11/h11,17H,1-10H2. The lowest BCUT2D eigenvalue weighted by Crippen LogP contribution is -2.48. The van der Waals surface area contributed by atoms with Gasteiger partial charge >= 0.3 is 11.5 Å². The van der Waals surface area contributed by atoms with Gasteiger partial charge in [-0.15, -0.1) is 0 Å². The highest BCUT2D eigenvalue weighted by molar-refractivity contribution is 8.13. The number of piperazine rings is 1. The lowest BCUT2D eigenvalue weighted by Gasteiger charge is -2.36. The highest BCUT2D eigenvalue weighted by Crippen LogP contribution is 2.29. The zero-order valence-electron chi connectivity index (χ0n) is 13.2. The Morgan fingerprint density at radius 2 is 1.88 bits per heavy atom. The van der Waals surface area contributed by atoms with Crippen molar-refractivity contribution < 1.29 is 22.7 Å². The van der Waals surface area contributed by atoms with E-state index in [1.165, 1.54) is 0 Å². The van der Waals surface area contributed by atoms with Gasteiger partial charge in [-0.25, -0.2) is 8.43 Å². The molecule has 24 heavy (non-hydrogen) atoms. The van der Waals surface area contributed by atoms with E-state index in [0.717, 1.165) is 63.1 Å². The molecule has 0 aliphatic carbocycles. The van der Waals surface area contributed by atoms with Gasteiger partial charge in [-0.1, -0.05) is 23.9 Å². The highest BCUT2D eigenvalue weighted by atomic mass is 32.2. The molecule has 0 aromatic carbocycles. The number of unbranched alkanes of at least 4 members (excludes halogenated alkanes) is 1. The van der Waals surface area contributed by atoms with Crippen molar-refractivity contribution in [2.45, 2.75) is 37.4 Å². The minimum Gasteiger partial charge on any atom is -0.446 e. The number of halogens is 3. The van der Waals surface area contributed by atoms with Crippen molar-refractivity contribution in [2.24, 2.45) is 0 Å². The number of nitrogens with one attached hydrogen (secondary N) is 1. The number of carbonyl (C=O) groups excluding carboxylic acids is 1. The SMILES string of the molecule is O=C1CCC(N2CCN(SCCCCSNSC(F)(F)F)CC2)O1. The first kappa shape index (κ1) is 20.5. The largest absolute Gasteiger partial charge is 0.456 e. The summed E-state index contributed by atoms with van der Waals surface area (Å²) < 4.78 is 45.5. The molecule has 1 N–H and O–H groups in total. The summed E-state index contributed by atoms with van der Waals surface area (Å²) >= 11 is 2.69. The smallest absolute Gasteiger partial charge is 0.446 e. The summed E-state index contributed by atoms with van der Waals surface area (Å²) in [6, 6.07) is 0. The predicted molar refractivity (Wildman–Crippen MR) is 93.2 cm³/mol. The van der Waals surface area contributed by atoms with Gasteiger partial charge in [-0.05, 0) is 12.8 Å². The Hall–Kier alpha value is 0.190. The molecule has 2 saturated heterocycles. The molecule has 2 heterocycles. The van der Waals surface area contributed by atoms with Crippen LogP contribution in [0, 0.1) is 0 Å². The monoisotopic (exact) mass is 405 g/mol. The first-order valence-electron chi connectivity index (χ1n) is 7.87. The van der Waals surface area contributed by atoms with Crippen molar-refractivity contribution in [3.8, 4) is 0 Å². The van der Waals surface area contributed by atoms with Crippen LogP contribution in [-0.4, -0.2) is 64.6 Å². The van der Waals surface area contributed by atoms with Gasteiger partial charge in [0.1, 0.15) is 0 Å². The molecule has 0 bridgehead atoms. The van der Waals surface area contributed by atoms with E-state index in [1.807, 2.05) is 0 Å². The van der Waals surface area contributed by atoms with Crippen LogP contribution >= 0.6 is 35.8 Å². The fraction of sp³-hybridized carbons (Fsp3) is 0.923. The molecular formula is C13H22F3N3O2S3. The van der Waals surface area contributed by atoms with E-state index < -0.39 is 5.51 Å². The van der Waals surface area contributed by atoms with Crippen LogP contribution in [0.3, 0.4) is 0 Å². The molecule has 0 saturated carbocycles. The molecule has 2 rings (SSSR count). The van der Waals surface area contributed by atoms with Crippen molar-refractivity contribution in [3.05, 3.63) is 0 Å². The lowest BCUT2D eigenvalue weighted by molar-refractivity contribution is -0.148. The second-order valence-electron chi connectivity index (χ2n) is 5.47. The summed E-state index contributed by atoms with van der Waals surface area (Å²) in [5.41, 5.74) is -4.22. The van der Waals surface area contributed by atoms with Crippen molar-refractivity contribution in [1.82, 2.24) is 13.3 Å². The predicted octanol–water partition coefficient (Wildman–Crippen LogP) is 3.10. The number of rotatable bonds is 9. The maximum Gasteiger partial charge on any atom is 0.456 e. The van der Waals surface area contributed by atoms with Crippen LogP contribution in [0.2, 0.25) is 0 Å². The average Bonchev–Trinajstić information content (AvgIpc) is 2.96. The maximum absolute atomic E-state index is 11.9. The minimum atomic E-state index is -4.22. The molecule has 1 atom stereocenters. The van der Waals surface area contributed by atoms with Crippen LogP contribution in [0.25, 0.3) is 0 Å². The summed E-state index contributed by atoms with van der Waals surface area (Å²) in [6.45, 7) is 3.69. The molecule has 0 radical (unpaired) electrons. The van der Waals surface area contributed by atoms with Gasteiger partial charge in [0.15, 0.2) is 6.23 Å². The van der Waals surface area contributed by atoms with Gasteiger partial charge in [-0.2, -0.15) is 13.2 Å². The first-order valence-corrected chi connectivity index (χ1v) is 10.6. The molecule has 0 aromatic rings. The quantitative estimate of drug-likeness (QED) is 0.357.